The summed E-state index contributed by atoms with van der Waals surface area (Å²) in [6, 6.07) is 6.66. The van der Waals surface area contributed by atoms with E-state index in [0.29, 0.717) is 6.54 Å². The number of nitrogens with one attached hydrogen (secondary N) is 2. The first kappa shape index (κ1) is 11.3. The predicted octanol–water partition coefficient (Wildman–Crippen LogP) is 2.40. The summed E-state index contributed by atoms with van der Waals surface area (Å²) in [6.45, 7) is 4.59. The number of benzene rings is 1. The topological polar surface area (TPSA) is 53.8 Å². The summed E-state index contributed by atoms with van der Waals surface area (Å²) < 4.78 is 13.1. The van der Waals surface area contributed by atoms with E-state index >= 15 is 0 Å². The Morgan fingerprint density at radius 3 is 2.94 bits per heavy atom. The molecule has 3 rings (SSSR count). The Kier molecular flexibility index (Phi) is 2.41. The van der Waals surface area contributed by atoms with Crippen LogP contribution >= 0.6 is 0 Å². The van der Waals surface area contributed by atoms with Crippen LogP contribution in [0.5, 0.6) is 0 Å². The summed E-state index contributed by atoms with van der Waals surface area (Å²) in [7, 11) is 0. The first-order chi connectivity index (χ1) is 8.57. The lowest BCUT2D eigenvalue weighted by atomic mass is 10.2. The van der Waals surface area contributed by atoms with Crippen molar-refractivity contribution in [2.75, 3.05) is 0 Å². The van der Waals surface area contributed by atoms with Gasteiger partial charge in [0.1, 0.15) is 5.82 Å². The fourth-order valence-corrected chi connectivity index (χ4v) is 2.07. The molecule has 1 aromatic carbocycles. The van der Waals surface area contributed by atoms with E-state index in [1.165, 1.54) is 12.1 Å². The zero-order valence-electron chi connectivity index (χ0n) is 10.1. The van der Waals surface area contributed by atoms with E-state index in [-0.39, 0.29) is 11.4 Å². The Labute approximate surface area is 105 Å². The van der Waals surface area contributed by atoms with Crippen molar-refractivity contribution >= 4 is 10.9 Å². The lowest BCUT2D eigenvalue weighted by molar-refractivity contribution is 0.630. The van der Waals surface area contributed by atoms with Crippen LogP contribution < -0.4 is 11.1 Å². The molecule has 1 saturated carbocycles. The summed E-state index contributed by atoms with van der Waals surface area (Å²) >= 11 is 0. The molecule has 1 fully saturated rings. The number of aromatic nitrogens is 1. The van der Waals surface area contributed by atoms with Gasteiger partial charge in [0, 0.05) is 22.3 Å². The standard InChI is InChI=1S/C14H16FN3/c1-9(14(16)4-5-14)17-8-12-7-10-6-11(15)2-3-13(10)18-12/h2-3,6-7,17-18H,1,4-5,8,16H2. The number of hydrogen-bond acceptors (Lipinski definition) is 2. The molecule has 1 aliphatic carbocycles. The maximum absolute atomic E-state index is 13.1. The number of halogens is 1. The molecule has 1 heterocycles. The third-order valence-electron chi connectivity index (χ3n) is 3.52. The SMILES string of the molecule is C=C(NCc1cc2cc(F)ccc2[nH]1)C1(N)CC1. The Morgan fingerprint density at radius 1 is 1.44 bits per heavy atom. The molecule has 0 aliphatic heterocycles. The number of rotatable bonds is 4. The molecule has 0 amide bonds. The van der Waals surface area contributed by atoms with Gasteiger partial charge in [0.25, 0.3) is 0 Å². The third-order valence-corrected chi connectivity index (χ3v) is 3.52. The predicted molar refractivity (Wildman–Crippen MR) is 70.4 cm³/mol. The number of hydrogen-bond donors (Lipinski definition) is 3. The van der Waals surface area contributed by atoms with Gasteiger partial charge in [0.2, 0.25) is 0 Å². The van der Waals surface area contributed by atoms with E-state index < -0.39 is 0 Å². The van der Waals surface area contributed by atoms with Gasteiger partial charge in [-0.3, -0.25) is 0 Å². The highest BCUT2D eigenvalue weighted by atomic mass is 19.1. The molecule has 0 radical (unpaired) electrons. The van der Waals surface area contributed by atoms with E-state index in [1.54, 1.807) is 6.07 Å². The average Bonchev–Trinajstić information content (AvgIpc) is 2.96. The van der Waals surface area contributed by atoms with Gasteiger partial charge in [0.05, 0.1) is 12.1 Å². The minimum absolute atomic E-state index is 0.210. The second kappa shape index (κ2) is 3.85. The molecule has 0 bridgehead atoms. The number of aromatic amines is 1. The van der Waals surface area contributed by atoms with Gasteiger partial charge in [-0.05, 0) is 37.1 Å². The highest BCUT2D eigenvalue weighted by Gasteiger charge is 2.41. The van der Waals surface area contributed by atoms with Crippen molar-refractivity contribution in [3.63, 3.8) is 0 Å². The largest absolute Gasteiger partial charge is 0.382 e. The molecule has 0 spiro atoms. The third kappa shape index (κ3) is 1.99. The van der Waals surface area contributed by atoms with Crippen LogP contribution in [0.4, 0.5) is 4.39 Å². The fourth-order valence-electron chi connectivity index (χ4n) is 2.07. The normalized spacial score (nSPS) is 16.8. The Morgan fingerprint density at radius 2 is 2.22 bits per heavy atom. The Bertz CT molecular complexity index is 611. The van der Waals surface area contributed by atoms with Crippen molar-refractivity contribution in [2.45, 2.75) is 24.9 Å². The molecule has 4 heteroatoms. The van der Waals surface area contributed by atoms with Crippen molar-refractivity contribution < 1.29 is 4.39 Å². The molecule has 0 saturated heterocycles. The van der Waals surface area contributed by atoms with Crippen LogP contribution in [0.15, 0.2) is 36.5 Å². The van der Waals surface area contributed by atoms with Gasteiger partial charge >= 0.3 is 0 Å². The zero-order valence-corrected chi connectivity index (χ0v) is 10.1. The van der Waals surface area contributed by atoms with Crippen molar-refractivity contribution in [2.24, 2.45) is 5.73 Å². The first-order valence-electron chi connectivity index (χ1n) is 6.06. The van der Waals surface area contributed by atoms with Gasteiger partial charge in [-0.2, -0.15) is 0 Å². The van der Waals surface area contributed by atoms with E-state index in [9.17, 15) is 4.39 Å². The lowest BCUT2D eigenvalue weighted by Crippen LogP contribution is -2.32. The van der Waals surface area contributed by atoms with Crippen molar-refractivity contribution in [3.05, 3.63) is 48.1 Å². The molecule has 0 unspecified atom stereocenters. The molecule has 94 valence electrons. The van der Waals surface area contributed by atoms with E-state index in [0.717, 1.165) is 35.1 Å². The highest BCUT2D eigenvalue weighted by molar-refractivity contribution is 5.80. The van der Waals surface area contributed by atoms with Crippen LogP contribution in [0.3, 0.4) is 0 Å². The summed E-state index contributed by atoms with van der Waals surface area (Å²) in [5, 5.41) is 4.11. The van der Waals surface area contributed by atoms with Crippen LogP contribution in [0.1, 0.15) is 18.5 Å². The molecular formula is C14H16FN3. The number of H-pyrrole nitrogens is 1. The van der Waals surface area contributed by atoms with E-state index in [1.807, 2.05) is 6.07 Å². The molecule has 1 aromatic heterocycles. The van der Waals surface area contributed by atoms with Crippen molar-refractivity contribution in [1.82, 2.24) is 10.3 Å². The number of fused-ring (bicyclic) bond motifs is 1. The minimum Gasteiger partial charge on any atom is -0.382 e. The monoisotopic (exact) mass is 245 g/mol. The number of nitrogens with two attached hydrogens (primary N) is 1. The van der Waals surface area contributed by atoms with Crippen molar-refractivity contribution in [3.8, 4) is 0 Å². The molecule has 0 atom stereocenters. The van der Waals surface area contributed by atoms with Crippen LogP contribution in [-0.2, 0) is 6.54 Å². The van der Waals surface area contributed by atoms with E-state index in [4.69, 9.17) is 5.73 Å². The van der Waals surface area contributed by atoms with Gasteiger partial charge in [-0.15, -0.1) is 0 Å². The molecule has 4 N–H and O–H groups in total. The minimum atomic E-state index is -0.218. The highest BCUT2D eigenvalue weighted by Crippen LogP contribution is 2.37. The Balaban J connectivity index is 1.73. The molecule has 3 nitrogen and oxygen atoms in total. The lowest BCUT2D eigenvalue weighted by Gasteiger charge is -2.14. The van der Waals surface area contributed by atoms with E-state index in [2.05, 4.69) is 16.9 Å². The summed E-state index contributed by atoms with van der Waals surface area (Å²) in [5.41, 5.74) is 8.64. The molecular weight excluding hydrogens is 229 g/mol. The second-order valence-electron chi connectivity index (χ2n) is 5.01. The average molecular weight is 245 g/mol. The molecule has 18 heavy (non-hydrogen) atoms. The van der Waals surface area contributed by atoms with Gasteiger partial charge in [-0.1, -0.05) is 6.58 Å². The quantitative estimate of drug-likeness (QED) is 0.774. The molecule has 1 aliphatic rings. The van der Waals surface area contributed by atoms with Crippen LogP contribution in [0.25, 0.3) is 10.9 Å². The fraction of sp³-hybridized carbons (Fsp3) is 0.286. The maximum atomic E-state index is 13.1. The Hall–Kier alpha value is -1.81. The summed E-state index contributed by atoms with van der Waals surface area (Å²) in [5.74, 6) is -0.218. The van der Waals surface area contributed by atoms with Crippen LogP contribution in [0.2, 0.25) is 0 Å². The second-order valence-corrected chi connectivity index (χ2v) is 5.01. The maximum Gasteiger partial charge on any atom is 0.123 e. The summed E-state index contributed by atoms with van der Waals surface area (Å²) in [4.78, 5) is 3.24. The van der Waals surface area contributed by atoms with Gasteiger partial charge in [-0.25, -0.2) is 4.39 Å². The van der Waals surface area contributed by atoms with Crippen LogP contribution in [-0.4, -0.2) is 10.5 Å². The zero-order chi connectivity index (χ0) is 12.8. The van der Waals surface area contributed by atoms with Crippen LogP contribution in [0, 0.1) is 5.82 Å². The van der Waals surface area contributed by atoms with Gasteiger partial charge < -0.3 is 16.0 Å². The smallest absolute Gasteiger partial charge is 0.123 e. The first-order valence-corrected chi connectivity index (χ1v) is 6.06. The summed E-state index contributed by atoms with van der Waals surface area (Å²) in [6.07, 6.45) is 1.99. The van der Waals surface area contributed by atoms with Gasteiger partial charge in [0.15, 0.2) is 0 Å². The molecule has 2 aromatic rings. The van der Waals surface area contributed by atoms with Crippen molar-refractivity contribution in [1.29, 1.82) is 0 Å².